The van der Waals surface area contributed by atoms with Crippen molar-refractivity contribution >= 4 is 18.0 Å². The molecule has 2 amide bonds. The van der Waals surface area contributed by atoms with E-state index in [1.807, 2.05) is 24.3 Å². The molecule has 2 aromatic rings. The van der Waals surface area contributed by atoms with Crippen LogP contribution in [0.4, 0.5) is 4.79 Å². The van der Waals surface area contributed by atoms with Gasteiger partial charge in [-0.3, -0.25) is 9.59 Å². The van der Waals surface area contributed by atoms with Gasteiger partial charge in [-0.15, -0.1) is 0 Å². The van der Waals surface area contributed by atoms with Crippen LogP contribution < -0.4 is 5.32 Å². The molecule has 2 N–H and O–H groups in total. The Bertz CT molecular complexity index is 1020. The maximum Gasteiger partial charge on any atom is 0.407 e. The van der Waals surface area contributed by atoms with E-state index in [2.05, 4.69) is 29.6 Å². The summed E-state index contributed by atoms with van der Waals surface area (Å²) in [5, 5.41) is 11.5. The second-order valence-electron chi connectivity index (χ2n) is 8.37. The highest BCUT2D eigenvalue weighted by Crippen LogP contribution is 2.44. The van der Waals surface area contributed by atoms with E-state index in [1.54, 1.807) is 11.0 Å². The maximum atomic E-state index is 12.4. The fourth-order valence-electron chi connectivity index (χ4n) is 4.76. The van der Waals surface area contributed by atoms with Crippen LogP contribution in [0.2, 0.25) is 0 Å². The lowest BCUT2D eigenvalue weighted by atomic mass is 9.98. The minimum atomic E-state index is -0.850. The summed E-state index contributed by atoms with van der Waals surface area (Å²) in [5.41, 5.74) is 4.65. The molecular weight excluding hydrogens is 420 g/mol. The first-order valence-electron chi connectivity index (χ1n) is 11.3. The Morgan fingerprint density at radius 2 is 1.73 bits per heavy atom. The number of carboxylic acids is 1. The Hall–Kier alpha value is -3.61. The number of carbonyl (C=O) groups excluding carboxylic acids is 2. The van der Waals surface area contributed by atoms with E-state index in [9.17, 15) is 14.4 Å². The predicted molar refractivity (Wildman–Crippen MR) is 124 cm³/mol. The zero-order valence-electron chi connectivity index (χ0n) is 18.4. The number of rotatable bonds is 8. The highest BCUT2D eigenvalue weighted by molar-refractivity contribution is 5.88. The van der Waals surface area contributed by atoms with Gasteiger partial charge in [0.25, 0.3) is 0 Å². The lowest BCUT2D eigenvalue weighted by Gasteiger charge is -2.22. The van der Waals surface area contributed by atoms with Crippen molar-refractivity contribution in [2.75, 3.05) is 19.7 Å². The summed E-state index contributed by atoms with van der Waals surface area (Å²) in [5.74, 6) is -1.01. The van der Waals surface area contributed by atoms with Crippen molar-refractivity contribution < 1.29 is 24.2 Å². The van der Waals surface area contributed by atoms with Crippen molar-refractivity contribution in [1.29, 1.82) is 0 Å². The predicted octanol–water partition coefficient (Wildman–Crippen LogP) is 3.94. The molecule has 0 radical (unpaired) electrons. The fourth-order valence-corrected chi connectivity index (χ4v) is 4.76. The summed E-state index contributed by atoms with van der Waals surface area (Å²) in [6.07, 6.45) is 4.72. The van der Waals surface area contributed by atoms with Crippen LogP contribution in [0.3, 0.4) is 0 Å². The standard InChI is InChI=1S/C26H28N2O5/c29-24(28-16-6-7-18(28)13-14-25(30)31)12-5-15-27-26(32)33-17-23-21-10-3-1-8-19(21)20-9-2-4-11-22(20)23/h1-5,8-12,18,23H,6-7,13-17H2,(H,27,32)(H,30,31)/b12-5+. The monoisotopic (exact) mass is 448 g/mol. The molecular formula is C26H28N2O5. The Balaban J connectivity index is 1.25. The Morgan fingerprint density at radius 3 is 2.39 bits per heavy atom. The number of nitrogens with one attached hydrogen (secondary N) is 1. The van der Waals surface area contributed by atoms with Gasteiger partial charge < -0.3 is 20.1 Å². The number of fused-ring (bicyclic) bond motifs is 3. The molecule has 33 heavy (non-hydrogen) atoms. The van der Waals surface area contributed by atoms with Crippen molar-refractivity contribution in [2.45, 2.75) is 37.6 Å². The summed E-state index contributed by atoms with van der Waals surface area (Å²) in [7, 11) is 0. The molecule has 1 saturated heterocycles. The van der Waals surface area contributed by atoms with Crippen molar-refractivity contribution in [1.82, 2.24) is 10.2 Å². The number of carbonyl (C=O) groups is 3. The molecule has 0 bridgehead atoms. The van der Waals surface area contributed by atoms with Gasteiger partial charge in [0, 0.05) is 37.5 Å². The van der Waals surface area contributed by atoms with Crippen molar-refractivity contribution in [3.63, 3.8) is 0 Å². The van der Waals surface area contributed by atoms with E-state index < -0.39 is 12.1 Å². The minimum absolute atomic E-state index is 0.00169. The number of aliphatic carboxylic acids is 1. The SMILES string of the molecule is O=C(O)CCC1CCCN1C(=O)/C=C/CNC(=O)OCC1c2ccccc2-c2ccccc21. The Labute approximate surface area is 193 Å². The lowest BCUT2D eigenvalue weighted by Crippen LogP contribution is -2.34. The summed E-state index contributed by atoms with van der Waals surface area (Å²) >= 11 is 0. The molecule has 0 aromatic heterocycles. The van der Waals surface area contributed by atoms with Crippen LogP contribution in [0, 0.1) is 0 Å². The van der Waals surface area contributed by atoms with Gasteiger partial charge in [0.2, 0.25) is 5.91 Å². The van der Waals surface area contributed by atoms with E-state index in [4.69, 9.17) is 9.84 Å². The molecule has 1 fully saturated rings. The number of alkyl carbamates (subject to hydrolysis) is 1. The Morgan fingerprint density at radius 1 is 1.06 bits per heavy atom. The number of amides is 2. The molecule has 4 rings (SSSR count). The molecule has 1 unspecified atom stereocenters. The smallest absolute Gasteiger partial charge is 0.407 e. The number of ether oxygens (including phenoxy) is 1. The van der Waals surface area contributed by atoms with Crippen LogP contribution in [-0.4, -0.2) is 53.7 Å². The van der Waals surface area contributed by atoms with E-state index in [0.29, 0.717) is 13.0 Å². The molecule has 7 heteroatoms. The zero-order valence-corrected chi connectivity index (χ0v) is 18.4. The quantitative estimate of drug-likeness (QED) is 0.597. The van der Waals surface area contributed by atoms with Crippen LogP contribution in [0.5, 0.6) is 0 Å². The van der Waals surface area contributed by atoms with Crippen molar-refractivity contribution in [2.24, 2.45) is 0 Å². The maximum absolute atomic E-state index is 12.4. The molecule has 2 aliphatic rings. The van der Waals surface area contributed by atoms with Crippen LogP contribution in [0.25, 0.3) is 11.1 Å². The van der Waals surface area contributed by atoms with Gasteiger partial charge in [-0.05, 0) is 41.5 Å². The van der Waals surface area contributed by atoms with Crippen LogP contribution in [-0.2, 0) is 14.3 Å². The van der Waals surface area contributed by atoms with Crippen LogP contribution in [0.15, 0.2) is 60.7 Å². The van der Waals surface area contributed by atoms with Crippen LogP contribution in [0.1, 0.15) is 42.7 Å². The molecule has 0 saturated carbocycles. The second-order valence-corrected chi connectivity index (χ2v) is 8.37. The number of hydrogen-bond acceptors (Lipinski definition) is 4. The first-order chi connectivity index (χ1) is 16.0. The minimum Gasteiger partial charge on any atom is -0.481 e. The third-order valence-corrected chi connectivity index (χ3v) is 6.32. The fraction of sp³-hybridized carbons (Fsp3) is 0.346. The third-order valence-electron chi connectivity index (χ3n) is 6.32. The molecule has 1 heterocycles. The average molecular weight is 449 g/mol. The first kappa shape index (κ1) is 22.6. The van der Waals surface area contributed by atoms with Gasteiger partial charge in [-0.2, -0.15) is 0 Å². The van der Waals surface area contributed by atoms with Gasteiger partial charge in [0.05, 0.1) is 0 Å². The Kier molecular flexibility index (Phi) is 7.07. The number of benzene rings is 2. The zero-order chi connectivity index (χ0) is 23.2. The van der Waals surface area contributed by atoms with Gasteiger partial charge in [0.1, 0.15) is 6.61 Å². The van der Waals surface area contributed by atoms with Gasteiger partial charge >= 0.3 is 12.1 Å². The third kappa shape index (κ3) is 5.25. The largest absolute Gasteiger partial charge is 0.481 e. The van der Waals surface area contributed by atoms with E-state index in [1.165, 1.54) is 17.2 Å². The molecule has 1 atom stereocenters. The van der Waals surface area contributed by atoms with Gasteiger partial charge in [0.15, 0.2) is 0 Å². The summed E-state index contributed by atoms with van der Waals surface area (Å²) in [4.78, 5) is 37.1. The summed E-state index contributed by atoms with van der Waals surface area (Å²) in [6.45, 7) is 1.05. The number of likely N-dealkylation sites (tertiary alicyclic amines) is 1. The normalized spacial score (nSPS) is 17.1. The van der Waals surface area contributed by atoms with Crippen molar-refractivity contribution in [3.8, 4) is 11.1 Å². The highest BCUT2D eigenvalue weighted by atomic mass is 16.5. The molecule has 0 spiro atoms. The lowest BCUT2D eigenvalue weighted by molar-refractivity contribution is -0.138. The summed E-state index contributed by atoms with van der Waals surface area (Å²) < 4.78 is 5.48. The molecule has 7 nitrogen and oxygen atoms in total. The highest BCUT2D eigenvalue weighted by Gasteiger charge is 2.29. The number of hydrogen-bond donors (Lipinski definition) is 2. The van der Waals surface area contributed by atoms with Crippen LogP contribution >= 0.6 is 0 Å². The summed E-state index contributed by atoms with van der Waals surface area (Å²) in [6, 6.07) is 16.3. The van der Waals surface area contributed by atoms with E-state index >= 15 is 0 Å². The molecule has 1 aliphatic heterocycles. The topological polar surface area (TPSA) is 95.9 Å². The van der Waals surface area contributed by atoms with Gasteiger partial charge in [-0.1, -0.05) is 54.6 Å². The molecule has 1 aliphatic carbocycles. The first-order valence-corrected chi connectivity index (χ1v) is 11.3. The van der Waals surface area contributed by atoms with Crippen molar-refractivity contribution in [3.05, 3.63) is 71.8 Å². The van der Waals surface area contributed by atoms with Gasteiger partial charge in [-0.25, -0.2) is 4.79 Å². The molecule has 172 valence electrons. The number of nitrogens with zero attached hydrogens (tertiary/aromatic N) is 1. The molecule has 2 aromatic carbocycles. The average Bonchev–Trinajstić information content (AvgIpc) is 3.42. The number of carboxylic acid groups (broad SMARTS) is 1. The second kappa shape index (κ2) is 10.3. The van der Waals surface area contributed by atoms with E-state index in [-0.39, 0.29) is 37.4 Å². The van der Waals surface area contributed by atoms with E-state index in [0.717, 1.165) is 24.0 Å².